The number of hydrogen-bond acceptors (Lipinski definition) is 4. The molecule has 0 fully saturated rings. The highest BCUT2D eigenvalue weighted by atomic mass is 79.9. The maximum Gasteiger partial charge on any atom is 0.261 e. The van der Waals surface area contributed by atoms with Gasteiger partial charge in [0.25, 0.3) is 11.8 Å². The van der Waals surface area contributed by atoms with Gasteiger partial charge in [-0.1, -0.05) is 15.9 Å². The van der Waals surface area contributed by atoms with Gasteiger partial charge in [0.2, 0.25) is 5.91 Å². The first-order valence-corrected chi connectivity index (χ1v) is 9.48. The minimum absolute atomic E-state index is 0.0921. The van der Waals surface area contributed by atoms with Crippen LogP contribution < -0.4 is 0 Å². The molecule has 0 radical (unpaired) electrons. The first kappa shape index (κ1) is 17.8. The Kier molecular flexibility index (Phi) is 5.06. The standard InChI is InChI=1S/C18H17BrN2O3S/c1-11-6-8-25-15(11)10-20(2)16(22)5-7-21-17(23)13-4-3-12(19)9-14(13)18(21)24/h3-4,6,8-9H,5,7,10H2,1-2H3. The van der Waals surface area contributed by atoms with Crippen molar-refractivity contribution in [2.75, 3.05) is 13.6 Å². The number of thiophene rings is 1. The van der Waals surface area contributed by atoms with Crippen LogP contribution in [0.3, 0.4) is 0 Å². The average Bonchev–Trinajstić information content (AvgIpc) is 3.08. The van der Waals surface area contributed by atoms with Crippen molar-refractivity contribution in [3.05, 3.63) is 55.7 Å². The summed E-state index contributed by atoms with van der Waals surface area (Å²) in [6.07, 6.45) is 0.119. The van der Waals surface area contributed by atoms with Crippen molar-refractivity contribution in [3.8, 4) is 0 Å². The Bertz CT molecular complexity index is 862. The predicted octanol–water partition coefficient (Wildman–Crippen LogP) is 3.46. The second-order valence-corrected chi connectivity index (χ2v) is 7.89. The minimum Gasteiger partial charge on any atom is -0.341 e. The summed E-state index contributed by atoms with van der Waals surface area (Å²) >= 11 is 4.92. The van der Waals surface area contributed by atoms with Crippen LogP contribution >= 0.6 is 27.3 Å². The molecule has 3 amide bonds. The van der Waals surface area contributed by atoms with E-state index in [-0.39, 0.29) is 30.7 Å². The molecule has 7 heteroatoms. The molecule has 1 aromatic heterocycles. The van der Waals surface area contributed by atoms with Crippen molar-refractivity contribution in [2.24, 2.45) is 0 Å². The summed E-state index contributed by atoms with van der Waals surface area (Å²) in [5.74, 6) is -0.770. The SMILES string of the molecule is Cc1ccsc1CN(C)C(=O)CCN1C(=O)c2ccc(Br)cc2C1=O. The van der Waals surface area contributed by atoms with Crippen molar-refractivity contribution in [1.82, 2.24) is 9.80 Å². The molecule has 0 spiro atoms. The van der Waals surface area contributed by atoms with Gasteiger partial charge in [0.15, 0.2) is 0 Å². The molecule has 130 valence electrons. The summed E-state index contributed by atoms with van der Waals surface area (Å²) in [5, 5.41) is 2.00. The van der Waals surface area contributed by atoms with Crippen LogP contribution in [0.4, 0.5) is 0 Å². The summed E-state index contributed by atoms with van der Waals surface area (Å²) in [6.45, 7) is 2.65. The predicted molar refractivity (Wildman–Crippen MR) is 99.7 cm³/mol. The normalized spacial score (nSPS) is 13.3. The second-order valence-electron chi connectivity index (χ2n) is 5.98. The van der Waals surface area contributed by atoms with E-state index in [1.807, 2.05) is 18.4 Å². The number of fused-ring (bicyclic) bond motifs is 1. The van der Waals surface area contributed by atoms with Gasteiger partial charge in [0.05, 0.1) is 17.7 Å². The molecule has 0 atom stereocenters. The fraction of sp³-hybridized carbons (Fsp3) is 0.278. The van der Waals surface area contributed by atoms with Gasteiger partial charge in [-0.2, -0.15) is 0 Å². The number of amides is 3. The van der Waals surface area contributed by atoms with Crippen molar-refractivity contribution in [2.45, 2.75) is 19.9 Å². The first-order valence-electron chi connectivity index (χ1n) is 7.81. The van der Waals surface area contributed by atoms with E-state index in [0.29, 0.717) is 17.7 Å². The maximum absolute atomic E-state index is 12.4. The molecule has 3 rings (SSSR count). The number of nitrogens with zero attached hydrogens (tertiary/aromatic N) is 2. The van der Waals surface area contributed by atoms with E-state index in [2.05, 4.69) is 15.9 Å². The van der Waals surface area contributed by atoms with Crippen molar-refractivity contribution in [3.63, 3.8) is 0 Å². The number of benzene rings is 1. The van der Waals surface area contributed by atoms with Crippen LogP contribution in [0.25, 0.3) is 0 Å². The van der Waals surface area contributed by atoms with E-state index in [4.69, 9.17) is 0 Å². The molecular weight excluding hydrogens is 404 g/mol. The van der Waals surface area contributed by atoms with Crippen molar-refractivity contribution in [1.29, 1.82) is 0 Å². The third kappa shape index (κ3) is 3.52. The summed E-state index contributed by atoms with van der Waals surface area (Å²) in [5.41, 5.74) is 1.94. The number of hydrogen-bond donors (Lipinski definition) is 0. The third-order valence-electron chi connectivity index (χ3n) is 4.26. The molecule has 1 aliphatic heterocycles. The number of imide groups is 1. The lowest BCUT2D eigenvalue weighted by Gasteiger charge is -2.19. The van der Waals surface area contributed by atoms with Gasteiger partial charge in [-0.15, -0.1) is 11.3 Å². The van der Waals surface area contributed by atoms with E-state index >= 15 is 0 Å². The van der Waals surface area contributed by atoms with Gasteiger partial charge in [-0.25, -0.2) is 0 Å². The third-order valence-corrected chi connectivity index (χ3v) is 5.76. The van der Waals surface area contributed by atoms with E-state index < -0.39 is 0 Å². The quantitative estimate of drug-likeness (QED) is 0.695. The highest BCUT2D eigenvalue weighted by Crippen LogP contribution is 2.26. The molecule has 25 heavy (non-hydrogen) atoms. The molecule has 0 saturated carbocycles. The van der Waals surface area contributed by atoms with Crippen molar-refractivity contribution >= 4 is 45.0 Å². The monoisotopic (exact) mass is 420 g/mol. The zero-order chi connectivity index (χ0) is 18.1. The summed E-state index contributed by atoms with van der Waals surface area (Å²) in [4.78, 5) is 41.0. The Morgan fingerprint density at radius 1 is 1.20 bits per heavy atom. The van der Waals surface area contributed by atoms with Crippen molar-refractivity contribution < 1.29 is 14.4 Å². The van der Waals surface area contributed by atoms with Crippen LogP contribution in [0.5, 0.6) is 0 Å². The number of carbonyl (C=O) groups is 3. The number of aryl methyl sites for hydroxylation is 1. The fourth-order valence-electron chi connectivity index (χ4n) is 2.73. The van der Waals surface area contributed by atoms with Gasteiger partial charge in [0.1, 0.15) is 0 Å². The average molecular weight is 421 g/mol. The molecule has 0 aliphatic carbocycles. The first-order chi connectivity index (χ1) is 11.9. The Morgan fingerprint density at radius 3 is 2.60 bits per heavy atom. The highest BCUT2D eigenvalue weighted by Gasteiger charge is 2.35. The zero-order valence-electron chi connectivity index (χ0n) is 13.9. The molecule has 1 aromatic carbocycles. The van der Waals surface area contributed by atoms with E-state index in [1.54, 1.807) is 41.5 Å². The minimum atomic E-state index is -0.342. The fourth-order valence-corrected chi connectivity index (χ4v) is 4.05. The lowest BCUT2D eigenvalue weighted by atomic mass is 10.1. The molecular formula is C18H17BrN2O3S. The summed E-state index contributed by atoms with van der Waals surface area (Å²) in [7, 11) is 1.74. The van der Waals surface area contributed by atoms with E-state index in [1.165, 1.54) is 0 Å². The summed E-state index contributed by atoms with van der Waals surface area (Å²) in [6, 6.07) is 7.03. The maximum atomic E-state index is 12.4. The van der Waals surface area contributed by atoms with Crippen LogP contribution in [0.2, 0.25) is 0 Å². The molecule has 2 aromatic rings. The molecule has 0 bridgehead atoms. The largest absolute Gasteiger partial charge is 0.341 e. The molecule has 2 heterocycles. The summed E-state index contributed by atoms with van der Waals surface area (Å²) < 4.78 is 0.747. The molecule has 0 N–H and O–H groups in total. The van der Waals surface area contributed by atoms with Crippen LogP contribution in [0, 0.1) is 6.92 Å². The topological polar surface area (TPSA) is 57.7 Å². The van der Waals surface area contributed by atoms with Gasteiger partial charge in [-0.3, -0.25) is 19.3 Å². The van der Waals surface area contributed by atoms with E-state index in [0.717, 1.165) is 19.8 Å². The zero-order valence-corrected chi connectivity index (χ0v) is 16.3. The van der Waals surface area contributed by atoms with Crippen LogP contribution in [0.15, 0.2) is 34.1 Å². The molecule has 0 saturated heterocycles. The molecule has 1 aliphatic rings. The van der Waals surface area contributed by atoms with Gasteiger partial charge in [0, 0.05) is 29.4 Å². The van der Waals surface area contributed by atoms with Gasteiger partial charge >= 0.3 is 0 Å². The van der Waals surface area contributed by atoms with E-state index in [9.17, 15) is 14.4 Å². The Hall–Kier alpha value is -1.99. The Labute approximate surface area is 158 Å². The lowest BCUT2D eigenvalue weighted by Crippen LogP contribution is -2.35. The van der Waals surface area contributed by atoms with Crippen LogP contribution in [-0.4, -0.2) is 41.1 Å². The second kappa shape index (κ2) is 7.09. The molecule has 0 unspecified atom stereocenters. The van der Waals surface area contributed by atoms with Crippen LogP contribution in [0.1, 0.15) is 37.6 Å². The van der Waals surface area contributed by atoms with Gasteiger partial charge < -0.3 is 4.90 Å². The highest BCUT2D eigenvalue weighted by molar-refractivity contribution is 9.10. The van der Waals surface area contributed by atoms with Gasteiger partial charge in [-0.05, 0) is 42.1 Å². The number of carbonyl (C=O) groups excluding carboxylic acids is 3. The Balaban J connectivity index is 1.62. The number of halogens is 1. The lowest BCUT2D eigenvalue weighted by molar-refractivity contribution is -0.130. The Morgan fingerprint density at radius 2 is 1.92 bits per heavy atom. The number of rotatable bonds is 5. The molecule has 5 nitrogen and oxygen atoms in total. The smallest absolute Gasteiger partial charge is 0.261 e. The van der Waals surface area contributed by atoms with Crippen LogP contribution in [-0.2, 0) is 11.3 Å².